The lowest BCUT2D eigenvalue weighted by Crippen LogP contribution is -2.01. The maximum atomic E-state index is 6.74. The van der Waals surface area contributed by atoms with Crippen LogP contribution in [0.3, 0.4) is 0 Å². The van der Waals surface area contributed by atoms with Gasteiger partial charge < -0.3 is 4.74 Å². The minimum absolute atomic E-state index is 0.0371. The van der Waals surface area contributed by atoms with E-state index in [4.69, 9.17) is 16.3 Å². The maximum absolute atomic E-state index is 6.74. The molecule has 0 saturated heterocycles. The second-order valence-corrected chi connectivity index (χ2v) is 7.76. The summed E-state index contributed by atoms with van der Waals surface area (Å²) in [7, 11) is 0. The van der Waals surface area contributed by atoms with Gasteiger partial charge in [0.2, 0.25) is 0 Å². The zero-order chi connectivity index (χ0) is 14.4. The van der Waals surface area contributed by atoms with Crippen LogP contribution in [0.15, 0.2) is 22.7 Å². The van der Waals surface area contributed by atoms with Gasteiger partial charge in [-0.3, -0.25) is 0 Å². The highest BCUT2D eigenvalue weighted by Gasteiger charge is 2.67. The van der Waals surface area contributed by atoms with Gasteiger partial charge in [0.25, 0.3) is 0 Å². The molecule has 2 rings (SSSR count). The van der Waals surface area contributed by atoms with Crippen molar-refractivity contribution >= 4 is 27.5 Å². The van der Waals surface area contributed by atoms with Crippen LogP contribution in [0.2, 0.25) is 0 Å². The molecule has 1 saturated carbocycles. The van der Waals surface area contributed by atoms with E-state index in [1.165, 1.54) is 0 Å². The van der Waals surface area contributed by atoms with Gasteiger partial charge in [0.05, 0.1) is 12.0 Å². The van der Waals surface area contributed by atoms with E-state index in [1.807, 2.05) is 19.1 Å². The van der Waals surface area contributed by atoms with E-state index in [0.29, 0.717) is 12.5 Å². The molecule has 106 valence electrons. The molecule has 1 aliphatic rings. The second kappa shape index (κ2) is 4.96. The molecule has 1 aromatic rings. The Morgan fingerprint density at radius 2 is 1.84 bits per heavy atom. The molecule has 1 atom stereocenters. The first-order valence-electron chi connectivity index (χ1n) is 6.79. The summed E-state index contributed by atoms with van der Waals surface area (Å²) in [5.41, 5.74) is 1.74. The molecule has 0 spiro atoms. The third-order valence-corrected chi connectivity index (χ3v) is 6.18. The quantitative estimate of drug-likeness (QED) is 0.626. The highest BCUT2D eigenvalue weighted by molar-refractivity contribution is 9.10. The summed E-state index contributed by atoms with van der Waals surface area (Å²) < 4.78 is 6.55. The predicted molar refractivity (Wildman–Crippen MR) is 85.0 cm³/mol. The first kappa shape index (κ1) is 15.2. The van der Waals surface area contributed by atoms with Crippen LogP contribution in [0.25, 0.3) is 0 Å². The third-order valence-electron chi connectivity index (χ3n) is 5.01. The lowest BCUT2D eigenvalue weighted by molar-refractivity contribution is 0.340. The van der Waals surface area contributed by atoms with E-state index < -0.39 is 0 Å². The van der Waals surface area contributed by atoms with Crippen LogP contribution >= 0.6 is 27.5 Å². The van der Waals surface area contributed by atoms with Gasteiger partial charge in [-0.2, -0.15) is 0 Å². The fraction of sp³-hybridized carbons (Fsp3) is 0.625. The molecule has 1 fully saturated rings. The van der Waals surface area contributed by atoms with Crippen LogP contribution in [0, 0.1) is 16.7 Å². The van der Waals surface area contributed by atoms with E-state index in [2.05, 4.69) is 49.7 Å². The number of ether oxygens (including phenoxy) is 1. The normalized spacial score (nSPS) is 22.1. The number of rotatable bonds is 4. The summed E-state index contributed by atoms with van der Waals surface area (Å²) in [6, 6.07) is 6.09. The lowest BCUT2D eigenvalue weighted by Gasteiger charge is -2.15. The number of halogens is 2. The fourth-order valence-electron chi connectivity index (χ4n) is 3.15. The minimum Gasteiger partial charge on any atom is -0.494 e. The first-order valence-corrected chi connectivity index (χ1v) is 8.02. The lowest BCUT2D eigenvalue weighted by atomic mass is 10.0. The fourth-order valence-corrected chi connectivity index (χ4v) is 4.70. The summed E-state index contributed by atoms with van der Waals surface area (Å²) in [5, 5.41) is 0.0371. The largest absolute Gasteiger partial charge is 0.494 e. The SMILES string of the molecule is CCOc1ccc(C(Cl)C2C(C)(C)C2(C)C)c(Br)c1. The van der Waals surface area contributed by atoms with E-state index >= 15 is 0 Å². The summed E-state index contributed by atoms with van der Waals surface area (Å²) in [5.74, 6) is 1.38. The Morgan fingerprint density at radius 3 is 2.26 bits per heavy atom. The van der Waals surface area contributed by atoms with E-state index in [1.54, 1.807) is 0 Å². The van der Waals surface area contributed by atoms with Crippen molar-refractivity contribution in [1.29, 1.82) is 0 Å². The van der Waals surface area contributed by atoms with Crippen LogP contribution in [-0.2, 0) is 0 Å². The number of alkyl halides is 1. The van der Waals surface area contributed by atoms with Gasteiger partial charge in [0.15, 0.2) is 0 Å². The highest BCUT2D eigenvalue weighted by atomic mass is 79.9. The van der Waals surface area contributed by atoms with Crippen molar-refractivity contribution in [3.8, 4) is 5.75 Å². The van der Waals surface area contributed by atoms with Crippen molar-refractivity contribution in [2.24, 2.45) is 16.7 Å². The smallest absolute Gasteiger partial charge is 0.120 e. The zero-order valence-electron chi connectivity index (χ0n) is 12.3. The van der Waals surface area contributed by atoms with Crippen LogP contribution in [0.1, 0.15) is 45.6 Å². The molecule has 1 aliphatic carbocycles. The van der Waals surface area contributed by atoms with Gasteiger partial charge >= 0.3 is 0 Å². The topological polar surface area (TPSA) is 9.23 Å². The summed E-state index contributed by atoms with van der Waals surface area (Å²) in [4.78, 5) is 0. The van der Waals surface area contributed by atoms with Gasteiger partial charge in [-0.15, -0.1) is 11.6 Å². The number of benzene rings is 1. The van der Waals surface area contributed by atoms with Crippen LogP contribution in [0.5, 0.6) is 5.75 Å². The van der Waals surface area contributed by atoms with E-state index in [9.17, 15) is 0 Å². The Balaban J connectivity index is 2.24. The molecule has 3 heteroatoms. The average Bonchev–Trinajstić information content (AvgIpc) is 2.69. The molecule has 0 N–H and O–H groups in total. The summed E-state index contributed by atoms with van der Waals surface area (Å²) in [6.07, 6.45) is 0. The Bertz CT molecular complexity index is 468. The maximum Gasteiger partial charge on any atom is 0.120 e. The predicted octanol–water partition coefficient (Wildman–Crippen LogP) is 5.81. The molecule has 0 heterocycles. The molecule has 1 aromatic carbocycles. The molecule has 0 aliphatic heterocycles. The average molecular weight is 346 g/mol. The minimum atomic E-state index is 0.0371. The summed E-state index contributed by atoms with van der Waals surface area (Å²) in [6.45, 7) is 11.9. The van der Waals surface area contributed by atoms with Gasteiger partial charge in [-0.05, 0) is 41.4 Å². The Kier molecular flexibility index (Phi) is 3.97. The molecule has 0 bridgehead atoms. The van der Waals surface area contributed by atoms with Gasteiger partial charge in [-0.1, -0.05) is 49.7 Å². The Labute approximate surface area is 129 Å². The molecular formula is C16H22BrClO. The zero-order valence-corrected chi connectivity index (χ0v) is 14.6. The van der Waals surface area contributed by atoms with Gasteiger partial charge in [0.1, 0.15) is 5.75 Å². The van der Waals surface area contributed by atoms with E-state index in [0.717, 1.165) is 15.8 Å². The van der Waals surface area contributed by atoms with Crippen molar-refractivity contribution in [3.05, 3.63) is 28.2 Å². The molecule has 0 radical (unpaired) electrons. The van der Waals surface area contributed by atoms with Crippen LogP contribution in [-0.4, -0.2) is 6.61 Å². The van der Waals surface area contributed by atoms with Crippen LogP contribution < -0.4 is 4.74 Å². The summed E-state index contributed by atoms with van der Waals surface area (Å²) >= 11 is 10.4. The van der Waals surface area contributed by atoms with Crippen LogP contribution in [0.4, 0.5) is 0 Å². The second-order valence-electron chi connectivity index (χ2n) is 6.44. The van der Waals surface area contributed by atoms with Crippen molar-refractivity contribution in [2.75, 3.05) is 6.61 Å². The Hall–Kier alpha value is -0.210. The van der Waals surface area contributed by atoms with E-state index in [-0.39, 0.29) is 16.2 Å². The monoisotopic (exact) mass is 344 g/mol. The van der Waals surface area contributed by atoms with Crippen molar-refractivity contribution in [1.82, 2.24) is 0 Å². The molecule has 19 heavy (non-hydrogen) atoms. The number of hydrogen-bond acceptors (Lipinski definition) is 1. The molecular weight excluding hydrogens is 324 g/mol. The Morgan fingerprint density at radius 1 is 1.26 bits per heavy atom. The first-order chi connectivity index (χ1) is 8.73. The standard InChI is InChI=1S/C16H22BrClO/c1-6-19-10-7-8-11(12(17)9-10)13(18)14-15(2,3)16(14,4)5/h7-9,13-14H,6H2,1-5H3. The molecule has 1 unspecified atom stereocenters. The van der Waals surface area contributed by atoms with Crippen molar-refractivity contribution < 1.29 is 4.74 Å². The molecule has 0 amide bonds. The van der Waals surface area contributed by atoms with Gasteiger partial charge in [0, 0.05) is 4.47 Å². The molecule has 1 nitrogen and oxygen atoms in total. The van der Waals surface area contributed by atoms with Crippen molar-refractivity contribution in [2.45, 2.75) is 40.0 Å². The molecule has 0 aromatic heterocycles. The van der Waals surface area contributed by atoms with Crippen molar-refractivity contribution in [3.63, 3.8) is 0 Å². The van der Waals surface area contributed by atoms with Gasteiger partial charge in [-0.25, -0.2) is 0 Å². The number of hydrogen-bond donors (Lipinski definition) is 0. The third kappa shape index (κ3) is 2.42. The highest BCUT2D eigenvalue weighted by Crippen LogP contribution is 2.73.